The third-order valence-electron chi connectivity index (χ3n) is 3.10. The summed E-state index contributed by atoms with van der Waals surface area (Å²) in [7, 11) is 0. The summed E-state index contributed by atoms with van der Waals surface area (Å²) in [5.74, 6) is 1.63. The summed E-state index contributed by atoms with van der Waals surface area (Å²) in [6.45, 7) is 0.899. The quantitative estimate of drug-likeness (QED) is 0.885. The molecule has 1 heterocycles. The van der Waals surface area contributed by atoms with E-state index in [9.17, 15) is 5.11 Å². The standard InChI is InChI=1S/C16H14ClNO3/c17-12-5-6-14(19)11(7-12)8-18-9-13-10-20-15-3-1-2-4-16(15)21-13/h1-8,13,19H,9-10H2. The van der Waals surface area contributed by atoms with Gasteiger partial charge in [0.05, 0.1) is 6.54 Å². The van der Waals surface area contributed by atoms with Crippen molar-refractivity contribution < 1.29 is 14.6 Å². The van der Waals surface area contributed by atoms with Gasteiger partial charge < -0.3 is 14.6 Å². The maximum absolute atomic E-state index is 9.70. The van der Waals surface area contributed by atoms with Crippen molar-refractivity contribution in [2.45, 2.75) is 6.10 Å². The molecule has 0 fully saturated rings. The molecule has 3 rings (SSSR count). The Labute approximate surface area is 127 Å². The molecular formula is C16H14ClNO3. The van der Waals surface area contributed by atoms with Gasteiger partial charge in [0.25, 0.3) is 0 Å². The zero-order chi connectivity index (χ0) is 14.7. The summed E-state index contributed by atoms with van der Waals surface area (Å²) < 4.78 is 11.4. The number of para-hydroxylation sites is 2. The molecule has 21 heavy (non-hydrogen) atoms. The third kappa shape index (κ3) is 3.28. The lowest BCUT2D eigenvalue weighted by atomic mass is 10.2. The fourth-order valence-corrected chi connectivity index (χ4v) is 2.23. The molecule has 1 unspecified atom stereocenters. The van der Waals surface area contributed by atoms with E-state index in [-0.39, 0.29) is 11.9 Å². The number of phenols is 1. The predicted molar refractivity (Wildman–Crippen MR) is 81.9 cm³/mol. The highest BCUT2D eigenvalue weighted by atomic mass is 35.5. The Bertz CT molecular complexity index is 672. The van der Waals surface area contributed by atoms with E-state index in [4.69, 9.17) is 21.1 Å². The number of halogens is 1. The number of hydrogen-bond donors (Lipinski definition) is 1. The normalized spacial score (nSPS) is 17.1. The Balaban J connectivity index is 1.64. The van der Waals surface area contributed by atoms with Crippen LogP contribution in [0.2, 0.25) is 5.02 Å². The van der Waals surface area contributed by atoms with Crippen LogP contribution in [0.1, 0.15) is 5.56 Å². The second-order valence-electron chi connectivity index (χ2n) is 4.69. The number of fused-ring (bicyclic) bond motifs is 1. The fourth-order valence-electron chi connectivity index (χ4n) is 2.05. The molecule has 0 spiro atoms. The Hall–Kier alpha value is -2.20. The molecule has 1 aliphatic rings. The summed E-state index contributed by atoms with van der Waals surface area (Å²) in [4.78, 5) is 4.29. The van der Waals surface area contributed by atoms with E-state index in [1.165, 1.54) is 0 Å². The van der Waals surface area contributed by atoms with E-state index < -0.39 is 0 Å². The molecule has 2 aromatic carbocycles. The van der Waals surface area contributed by atoms with Gasteiger partial charge in [0.2, 0.25) is 0 Å². The van der Waals surface area contributed by atoms with Crippen LogP contribution in [0.25, 0.3) is 0 Å². The maximum Gasteiger partial charge on any atom is 0.161 e. The molecule has 0 radical (unpaired) electrons. The zero-order valence-electron chi connectivity index (χ0n) is 11.2. The van der Waals surface area contributed by atoms with Crippen molar-refractivity contribution in [3.05, 3.63) is 53.1 Å². The summed E-state index contributed by atoms with van der Waals surface area (Å²) in [6.07, 6.45) is 1.45. The predicted octanol–water partition coefficient (Wildman–Crippen LogP) is 3.30. The average Bonchev–Trinajstić information content (AvgIpc) is 2.50. The van der Waals surface area contributed by atoms with Gasteiger partial charge in [-0.1, -0.05) is 23.7 Å². The second-order valence-corrected chi connectivity index (χ2v) is 5.13. The van der Waals surface area contributed by atoms with E-state index >= 15 is 0 Å². The topological polar surface area (TPSA) is 51.1 Å². The molecule has 108 valence electrons. The Kier molecular flexibility index (Phi) is 3.97. The summed E-state index contributed by atoms with van der Waals surface area (Å²) in [5, 5.41) is 10.3. The minimum absolute atomic E-state index is 0.141. The first-order valence-corrected chi connectivity index (χ1v) is 6.97. The van der Waals surface area contributed by atoms with Crippen molar-refractivity contribution >= 4 is 17.8 Å². The second kappa shape index (κ2) is 6.06. The van der Waals surface area contributed by atoms with Crippen LogP contribution in [0.5, 0.6) is 17.2 Å². The van der Waals surface area contributed by atoms with Crippen LogP contribution in [0, 0.1) is 0 Å². The Morgan fingerprint density at radius 1 is 1.24 bits per heavy atom. The van der Waals surface area contributed by atoms with E-state index in [0.29, 0.717) is 23.7 Å². The van der Waals surface area contributed by atoms with Crippen LogP contribution in [0.4, 0.5) is 0 Å². The highest BCUT2D eigenvalue weighted by Crippen LogP contribution is 2.30. The van der Waals surface area contributed by atoms with Crippen LogP contribution < -0.4 is 9.47 Å². The van der Waals surface area contributed by atoms with Gasteiger partial charge in [0.15, 0.2) is 17.6 Å². The number of phenolic OH excluding ortho intramolecular Hbond substituents is 1. The van der Waals surface area contributed by atoms with Gasteiger partial charge >= 0.3 is 0 Å². The molecular weight excluding hydrogens is 290 g/mol. The zero-order valence-corrected chi connectivity index (χ0v) is 12.0. The largest absolute Gasteiger partial charge is 0.507 e. The SMILES string of the molecule is Oc1ccc(Cl)cc1C=NCC1COc2ccccc2O1. The molecule has 1 N–H and O–H groups in total. The number of ether oxygens (including phenoxy) is 2. The summed E-state index contributed by atoms with van der Waals surface area (Å²) >= 11 is 5.88. The van der Waals surface area contributed by atoms with Crippen LogP contribution in [0.15, 0.2) is 47.5 Å². The Morgan fingerprint density at radius 3 is 2.90 bits per heavy atom. The third-order valence-corrected chi connectivity index (χ3v) is 3.33. The highest BCUT2D eigenvalue weighted by molar-refractivity contribution is 6.30. The minimum Gasteiger partial charge on any atom is -0.507 e. The van der Waals surface area contributed by atoms with E-state index in [2.05, 4.69) is 4.99 Å². The number of hydrogen-bond acceptors (Lipinski definition) is 4. The molecule has 0 aliphatic carbocycles. The van der Waals surface area contributed by atoms with E-state index in [0.717, 1.165) is 11.5 Å². The molecule has 4 nitrogen and oxygen atoms in total. The monoisotopic (exact) mass is 303 g/mol. The van der Waals surface area contributed by atoms with Crippen molar-refractivity contribution in [3.63, 3.8) is 0 Å². The lowest BCUT2D eigenvalue weighted by Crippen LogP contribution is -2.31. The minimum atomic E-state index is -0.141. The van der Waals surface area contributed by atoms with Crippen LogP contribution >= 0.6 is 11.6 Å². The molecule has 1 atom stereocenters. The number of aromatic hydroxyl groups is 1. The lowest BCUT2D eigenvalue weighted by molar-refractivity contribution is 0.0973. The van der Waals surface area contributed by atoms with Crippen molar-refractivity contribution in [1.82, 2.24) is 0 Å². The van der Waals surface area contributed by atoms with Gasteiger partial charge in [-0.25, -0.2) is 0 Å². The van der Waals surface area contributed by atoms with Crippen molar-refractivity contribution in [3.8, 4) is 17.2 Å². The van der Waals surface area contributed by atoms with Gasteiger partial charge in [0, 0.05) is 16.8 Å². The molecule has 0 saturated heterocycles. The molecule has 1 aliphatic heterocycles. The van der Waals surface area contributed by atoms with Crippen molar-refractivity contribution in [2.24, 2.45) is 4.99 Å². The van der Waals surface area contributed by atoms with Gasteiger partial charge in [0.1, 0.15) is 12.4 Å². The van der Waals surface area contributed by atoms with Gasteiger partial charge in [-0.15, -0.1) is 0 Å². The highest BCUT2D eigenvalue weighted by Gasteiger charge is 2.19. The van der Waals surface area contributed by atoms with Gasteiger partial charge in [-0.3, -0.25) is 4.99 Å². The molecule has 0 bridgehead atoms. The van der Waals surface area contributed by atoms with Crippen LogP contribution in [0.3, 0.4) is 0 Å². The smallest absolute Gasteiger partial charge is 0.161 e. The van der Waals surface area contributed by atoms with Crippen LogP contribution in [-0.4, -0.2) is 30.6 Å². The number of benzene rings is 2. The fraction of sp³-hybridized carbons (Fsp3) is 0.188. The first-order valence-electron chi connectivity index (χ1n) is 6.59. The average molecular weight is 304 g/mol. The first kappa shape index (κ1) is 13.8. The first-order chi connectivity index (χ1) is 10.2. The Morgan fingerprint density at radius 2 is 2.05 bits per heavy atom. The maximum atomic E-state index is 9.70. The summed E-state index contributed by atoms with van der Waals surface area (Å²) in [6, 6.07) is 12.4. The van der Waals surface area contributed by atoms with Crippen molar-refractivity contribution in [2.75, 3.05) is 13.2 Å². The molecule has 0 amide bonds. The van der Waals surface area contributed by atoms with Gasteiger partial charge in [-0.2, -0.15) is 0 Å². The molecule has 5 heteroatoms. The number of rotatable bonds is 3. The molecule has 0 saturated carbocycles. The lowest BCUT2D eigenvalue weighted by Gasteiger charge is -2.25. The number of aliphatic imine (C=N–C) groups is 1. The van der Waals surface area contributed by atoms with E-state index in [1.54, 1.807) is 24.4 Å². The molecule has 2 aromatic rings. The van der Waals surface area contributed by atoms with E-state index in [1.807, 2.05) is 24.3 Å². The molecule has 0 aromatic heterocycles. The van der Waals surface area contributed by atoms with Crippen molar-refractivity contribution in [1.29, 1.82) is 0 Å². The summed E-state index contributed by atoms with van der Waals surface area (Å²) in [5.41, 5.74) is 0.583. The van der Waals surface area contributed by atoms with Crippen LogP contribution in [-0.2, 0) is 0 Å². The number of nitrogens with zero attached hydrogens (tertiary/aromatic N) is 1. The van der Waals surface area contributed by atoms with Gasteiger partial charge in [-0.05, 0) is 30.3 Å².